The van der Waals surface area contributed by atoms with Gasteiger partial charge in [0.25, 0.3) is 0 Å². The number of amides is 1. The van der Waals surface area contributed by atoms with E-state index >= 15 is 0 Å². The van der Waals surface area contributed by atoms with Gasteiger partial charge in [0.2, 0.25) is 5.91 Å². The van der Waals surface area contributed by atoms with Gasteiger partial charge in [-0.2, -0.15) is 0 Å². The Morgan fingerprint density at radius 2 is 2.07 bits per heavy atom. The Morgan fingerprint density at radius 1 is 1.27 bits per heavy atom. The first-order valence-electron chi connectivity index (χ1n) is 5.36. The number of fused-ring (bicyclic) bond motifs is 3. The first-order valence-corrected chi connectivity index (χ1v) is 5.36. The minimum Gasteiger partial charge on any atom is -0.326 e. The molecule has 1 aromatic rings. The van der Waals surface area contributed by atoms with Gasteiger partial charge in [-0.1, -0.05) is 6.42 Å². The van der Waals surface area contributed by atoms with Crippen molar-refractivity contribution in [2.75, 3.05) is 5.32 Å². The van der Waals surface area contributed by atoms with Gasteiger partial charge in [-0.05, 0) is 42.5 Å². The predicted molar refractivity (Wildman–Crippen MR) is 55.1 cm³/mol. The molecule has 2 aliphatic rings. The van der Waals surface area contributed by atoms with Crippen molar-refractivity contribution in [3.63, 3.8) is 0 Å². The molecule has 0 radical (unpaired) electrons. The summed E-state index contributed by atoms with van der Waals surface area (Å²) in [5.74, 6) is 0.205. The lowest BCUT2D eigenvalue weighted by atomic mass is 9.84. The van der Waals surface area contributed by atoms with Gasteiger partial charge in [0.1, 0.15) is 5.82 Å². The van der Waals surface area contributed by atoms with Crippen molar-refractivity contribution >= 4 is 11.6 Å². The molecule has 15 heavy (non-hydrogen) atoms. The molecule has 2 nitrogen and oxygen atoms in total. The van der Waals surface area contributed by atoms with Crippen LogP contribution in [0.25, 0.3) is 0 Å². The summed E-state index contributed by atoms with van der Waals surface area (Å²) in [5.41, 5.74) is 1.78. The van der Waals surface area contributed by atoms with E-state index in [0.29, 0.717) is 0 Å². The molecular formula is C12H12FNO. The fourth-order valence-corrected chi connectivity index (χ4v) is 2.83. The number of nitrogens with one attached hydrogen (secondary N) is 1. The van der Waals surface area contributed by atoms with Crippen LogP contribution < -0.4 is 5.32 Å². The van der Waals surface area contributed by atoms with Crippen molar-refractivity contribution in [2.24, 2.45) is 5.92 Å². The van der Waals surface area contributed by atoms with Crippen LogP contribution in [-0.4, -0.2) is 5.91 Å². The van der Waals surface area contributed by atoms with Crippen molar-refractivity contribution in [1.29, 1.82) is 0 Å². The molecule has 0 saturated heterocycles. The lowest BCUT2D eigenvalue weighted by Gasteiger charge is -2.27. The van der Waals surface area contributed by atoms with E-state index in [4.69, 9.17) is 0 Å². The maximum Gasteiger partial charge on any atom is 0.228 e. The highest BCUT2D eigenvalue weighted by atomic mass is 19.1. The number of anilines is 1. The molecule has 1 amide bonds. The maximum absolute atomic E-state index is 13.1. The number of rotatable bonds is 0. The number of carbonyl (C=O) groups is 1. The van der Waals surface area contributed by atoms with Crippen molar-refractivity contribution in [2.45, 2.75) is 25.2 Å². The third-order valence-electron chi connectivity index (χ3n) is 3.52. The van der Waals surface area contributed by atoms with E-state index in [2.05, 4.69) is 5.32 Å². The van der Waals surface area contributed by atoms with Gasteiger partial charge in [-0.15, -0.1) is 0 Å². The molecule has 3 rings (SSSR count). The second kappa shape index (κ2) is 3.05. The van der Waals surface area contributed by atoms with Crippen LogP contribution in [0, 0.1) is 11.7 Å². The van der Waals surface area contributed by atoms with Crippen molar-refractivity contribution < 1.29 is 9.18 Å². The van der Waals surface area contributed by atoms with E-state index in [1.807, 2.05) is 0 Å². The smallest absolute Gasteiger partial charge is 0.228 e. The first kappa shape index (κ1) is 8.89. The van der Waals surface area contributed by atoms with Crippen LogP contribution >= 0.6 is 0 Å². The first-order chi connectivity index (χ1) is 7.25. The fourth-order valence-electron chi connectivity index (χ4n) is 2.83. The minimum absolute atomic E-state index is 0.0688. The quantitative estimate of drug-likeness (QED) is 0.693. The Hall–Kier alpha value is -1.38. The Kier molecular flexibility index (Phi) is 1.81. The van der Waals surface area contributed by atoms with E-state index in [1.165, 1.54) is 6.07 Å². The fraction of sp³-hybridized carbons (Fsp3) is 0.417. The zero-order chi connectivity index (χ0) is 10.4. The number of hydrogen-bond donors (Lipinski definition) is 1. The lowest BCUT2D eigenvalue weighted by molar-refractivity contribution is -0.120. The number of hydrogen-bond acceptors (Lipinski definition) is 1. The molecule has 1 saturated carbocycles. The zero-order valence-corrected chi connectivity index (χ0v) is 8.29. The highest BCUT2D eigenvalue weighted by Crippen LogP contribution is 2.45. The topological polar surface area (TPSA) is 29.1 Å². The molecule has 0 bridgehead atoms. The molecule has 2 atom stereocenters. The highest BCUT2D eigenvalue weighted by Gasteiger charge is 2.38. The average molecular weight is 205 g/mol. The van der Waals surface area contributed by atoms with E-state index in [0.717, 1.165) is 30.5 Å². The third kappa shape index (κ3) is 1.26. The minimum atomic E-state index is -0.212. The SMILES string of the molecule is O=C1Nc2ccc(F)cc2C2CCCC12. The molecule has 1 aliphatic carbocycles. The van der Waals surface area contributed by atoms with Gasteiger partial charge in [-0.3, -0.25) is 4.79 Å². The van der Waals surface area contributed by atoms with Crippen LogP contribution in [0.1, 0.15) is 30.7 Å². The molecule has 78 valence electrons. The number of halogens is 1. The molecule has 1 N–H and O–H groups in total. The molecule has 0 aromatic heterocycles. The Balaban J connectivity index is 2.12. The molecular weight excluding hydrogens is 193 g/mol. The van der Waals surface area contributed by atoms with Crippen LogP contribution in [0.4, 0.5) is 10.1 Å². The molecule has 1 aliphatic heterocycles. The lowest BCUT2D eigenvalue weighted by Crippen LogP contribution is -2.30. The third-order valence-corrected chi connectivity index (χ3v) is 3.52. The second-order valence-corrected chi connectivity index (χ2v) is 4.36. The second-order valence-electron chi connectivity index (χ2n) is 4.36. The van der Waals surface area contributed by atoms with Crippen molar-refractivity contribution in [3.05, 3.63) is 29.6 Å². The average Bonchev–Trinajstić information content (AvgIpc) is 2.69. The van der Waals surface area contributed by atoms with E-state index in [1.54, 1.807) is 12.1 Å². The Labute approximate surface area is 87.5 Å². The van der Waals surface area contributed by atoms with Crippen molar-refractivity contribution in [1.82, 2.24) is 0 Å². The summed E-state index contributed by atoms with van der Waals surface area (Å²) in [7, 11) is 0. The van der Waals surface area contributed by atoms with E-state index < -0.39 is 0 Å². The largest absolute Gasteiger partial charge is 0.326 e. The molecule has 1 fully saturated rings. The number of benzene rings is 1. The van der Waals surface area contributed by atoms with Crippen LogP contribution in [-0.2, 0) is 4.79 Å². The molecule has 2 unspecified atom stereocenters. The van der Waals surface area contributed by atoms with Gasteiger partial charge in [0.15, 0.2) is 0 Å². The van der Waals surface area contributed by atoms with Gasteiger partial charge >= 0.3 is 0 Å². The Morgan fingerprint density at radius 3 is 2.93 bits per heavy atom. The van der Waals surface area contributed by atoms with Crippen LogP contribution in [0.2, 0.25) is 0 Å². The van der Waals surface area contributed by atoms with Gasteiger partial charge in [0, 0.05) is 11.6 Å². The molecule has 1 aromatic carbocycles. The molecule has 3 heteroatoms. The standard InChI is InChI=1S/C12H12FNO/c13-7-4-5-11-10(6-7)8-2-1-3-9(8)12(15)14-11/h4-6,8-9H,1-3H2,(H,14,15). The van der Waals surface area contributed by atoms with E-state index in [9.17, 15) is 9.18 Å². The highest BCUT2D eigenvalue weighted by molar-refractivity contribution is 5.96. The monoisotopic (exact) mass is 205 g/mol. The normalized spacial score (nSPS) is 28.2. The summed E-state index contributed by atoms with van der Waals surface area (Å²) in [5, 5.41) is 2.85. The zero-order valence-electron chi connectivity index (χ0n) is 8.29. The summed E-state index contributed by atoms with van der Waals surface area (Å²) in [6.45, 7) is 0. The summed E-state index contributed by atoms with van der Waals surface area (Å²) < 4.78 is 13.1. The Bertz CT molecular complexity index is 430. The molecule has 1 heterocycles. The van der Waals surface area contributed by atoms with Gasteiger partial charge < -0.3 is 5.32 Å². The van der Waals surface area contributed by atoms with Crippen LogP contribution in [0.3, 0.4) is 0 Å². The maximum atomic E-state index is 13.1. The van der Waals surface area contributed by atoms with Crippen LogP contribution in [0.5, 0.6) is 0 Å². The van der Waals surface area contributed by atoms with Crippen LogP contribution in [0.15, 0.2) is 18.2 Å². The summed E-state index contributed by atoms with van der Waals surface area (Å²) in [6, 6.07) is 4.63. The summed E-state index contributed by atoms with van der Waals surface area (Å²) >= 11 is 0. The van der Waals surface area contributed by atoms with Gasteiger partial charge in [0.05, 0.1) is 0 Å². The summed E-state index contributed by atoms with van der Waals surface area (Å²) in [6.07, 6.45) is 3.01. The van der Waals surface area contributed by atoms with Gasteiger partial charge in [-0.25, -0.2) is 4.39 Å². The summed E-state index contributed by atoms with van der Waals surface area (Å²) in [4.78, 5) is 11.7. The number of carbonyl (C=O) groups excluding carboxylic acids is 1. The predicted octanol–water partition coefficient (Wildman–Crippen LogP) is 2.66. The van der Waals surface area contributed by atoms with Crippen molar-refractivity contribution in [3.8, 4) is 0 Å². The molecule has 0 spiro atoms. The van der Waals surface area contributed by atoms with E-state index in [-0.39, 0.29) is 23.6 Å².